The lowest BCUT2D eigenvalue weighted by molar-refractivity contribution is 0.0454. The van der Waals surface area contributed by atoms with Crippen LogP contribution in [-0.4, -0.2) is 0 Å². The largest absolute Gasteiger partial charge is 0.363 e. The topological polar surface area (TPSA) is 58.0 Å². The molecule has 1 atom stereocenters. The molecule has 3 rings (SSSR count). The van der Waals surface area contributed by atoms with Gasteiger partial charge in [0.25, 0.3) is 0 Å². The third kappa shape index (κ3) is 3.09. The number of hydrogen-bond donors (Lipinski definition) is 0. The fourth-order valence-electron chi connectivity index (χ4n) is 2.45. The van der Waals surface area contributed by atoms with E-state index in [1.165, 1.54) is 0 Å². The standard InChI is InChI=1S/C18H15N3O/c19-21-20-18(22-13-14-7-2-1-3-8-14)17-12-6-10-15-9-4-5-11-16(15)17/h1-12,18H,13H2. The van der Waals surface area contributed by atoms with E-state index < -0.39 is 6.23 Å². The van der Waals surface area contributed by atoms with Gasteiger partial charge in [0.05, 0.1) is 6.61 Å². The van der Waals surface area contributed by atoms with Gasteiger partial charge in [0, 0.05) is 4.91 Å². The third-order valence-corrected chi connectivity index (χ3v) is 3.50. The van der Waals surface area contributed by atoms with E-state index >= 15 is 0 Å². The summed E-state index contributed by atoms with van der Waals surface area (Å²) >= 11 is 0. The van der Waals surface area contributed by atoms with Crippen molar-refractivity contribution in [3.8, 4) is 0 Å². The Bertz CT molecular complexity index is 805. The van der Waals surface area contributed by atoms with Crippen LogP contribution in [0.15, 0.2) is 77.9 Å². The summed E-state index contributed by atoms with van der Waals surface area (Å²) in [5.74, 6) is 0. The fourth-order valence-corrected chi connectivity index (χ4v) is 2.45. The molecule has 0 aliphatic carbocycles. The summed E-state index contributed by atoms with van der Waals surface area (Å²) in [5, 5.41) is 5.95. The lowest BCUT2D eigenvalue weighted by Gasteiger charge is -2.15. The highest BCUT2D eigenvalue weighted by molar-refractivity contribution is 5.85. The second-order valence-corrected chi connectivity index (χ2v) is 4.92. The highest BCUT2D eigenvalue weighted by atomic mass is 16.5. The quantitative estimate of drug-likeness (QED) is 0.354. The van der Waals surface area contributed by atoms with Crippen LogP contribution in [0.4, 0.5) is 0 Å². The van der Waals surface area contributed by atoms with Gasteiger partial charge in [-0.15, -0.1) is 0 Å². The minimum Gasteiger partial charge on any atom is -0.363 e. The van der Waals surface area contributed by atoms with E-state index in [0.717, 1.165) is 21.9 Å². The zero-order chi connectivity index (χ0) is 15.2. The molecule has 3 aromatic rings. The van der Waals surface area contributed by atoms with Crippen molar-refractivity contribution in [3.63, 3.8) is 0 Å². The molecule has 4 nitrogen and oxygen atoms in total. The van der Waals surface area contributed by atoms with E-state index in [-0.39, 0.29) is 0 Å². The van der Waals surface area contributed by atoms with Crippen LogP contribution in [0.2, 0.25) is 0 Å². The third-order valence-electron chi connectivity index (χ3n) is 3.50. The first-order valence-electron chi connectivity index (χ1n) is 7.06. The Balaban J connectivity index is 1.91. The number of hydrogen-bond acceptors (Lipinski definition) is 2. The molecule has 0 aromatic heterocycles. The molecule has 0 saturated carbocycles. The molecule has 3 aromatic carbocycles. The molecule has 0 radical (unpaired) electrons. The van der Waals surface area contributed by atoms with E-state index in [2.05, 4.69) is 10.0 Å². The molecule has 1 unspecified atom stereocenters. The van der Waals surface area contributed by atoms with Gasteiger partial charge in [-0.25, -0.2) is 0 Å². The molecule has 0 amide bonds. The van der Waals surface area contributed by atoms with Crippen molar-refractivity contribution in [2.24, 2.45) is 5.11 Å². The summed E-state index contributed by atoms with van der Waals surface area (Å²) in [5.41, 5.74) is 10.8. The van der Waals surface area contributed by atoms with Gasteiger partial charge >= 0.3 is 0 Å². The lowest BCUT2D eigenvalue weighted by atomic mass is 10.0. The molecule has 0 bridgehead atoms. The fraction of sp³-hybridized carbons (Fsp3) is 0.111. The summed E-state index contributed by atoms with van der Waals surface area (Å²) < 4.78 is 5.84. The molecule has 0 heterocycles. The summed E-state index contributed by atoms with van der Waals surface area (Å²) in [4.78, 5) is 2.93. The number of nitrogens with zero attached hydrogens (tertiary/aromatic N) is 3. The van der Waals surface area contributed by atoms with Crippen LogP contribution >= 0.6 is 0 Å². The minimum atomic E-state index is -0.642. The van der Waals surface area contributed by atoms with Gasteiger partial charge in [0.1, 0.15) is 0 Å². The smallest absolute Gasteiger partial charge is 0.162 e. The van der Waals surface area contributed by atoms with Gasteiger partial charge in [-0.2, -0.15) is 0 Å². The maximum Gasteiger partial charge on any atom is 0.162 e. The molecule has 0 spiro atoms. The van der Waals surface area contributed by atoms with Crippen LogP contribution in [0.1, 0.15) is 17.4 Å². The Morgan fingerprint density at radius 2 is 1.64 bits per heavy atom. The normalized spacial score (nSPS) is 11.8. The van der Waals surface area contributed by atoms with Crippen molar-refractivity contribution in [2.45, 2.75) is 12.8 Å². The van der Waals surface area contributed by atoms with E-state index in [0.29, 0.717) is 6.61 Å². The van der Waals surface area contributed by atoms with Crippen molar-refractivity contribution in [2.75, 3.05) is 0 Å². The average molecular weight is 289 g/mol. The Morgan fingerprint density at radius 1 is 0.909 bits per heavy atom. The van der Waals surface area contributed by atoms with Gasteiger partial charge in [0.15, 0.2) is 6.23 Å². The van der Waals surface area contributed by atoms with Crippen LogP contribution in [0.3, 0.4) is 0 Å². The zero-order valence-electron chi connectivity index (χ0n) is 12.0. The Labute approximate surface area is 128 Å². The second-order valence-electron chi connectivity index (χ2n) is 4.92. The minimum absolute atomic E-state index is 0.397. The first-order valence-corrected chi connectivity index (χ1v) is 7.06. The zero-order valence-corrected chi connectivity index (χ0v) is 12.0. The Morgan fingerprint density at radius 3 is 2.45 bits per heavy atom. The number of benzene rings is 3. The molecular formula is C18H15N3O. The van der Waals surface area contributed by atoms with Crippen molar-refractivity contribution in [1.82, 2.24) is 0 Å². The SMILES string of the molecule is [N-]=[N+]=NC(OCc1ccccc1)c1cccc2ccccc12. The van der Waals surface area contributed by atoms with E-state index in [4.69, 9.17) is 10.3 Å². The number of rotatable bonds is 5. The summed E-state index contributed by atoms with van der Waals surface area (Å²) in [6.07, 6.45) is -0.642. The van der Waals surface area contributed by atoms with Gasteiger partial charge in [-0.3, -0.25) is 0 Å². The number of fused-ring (bicyclic) bond motifs is 1. The molecule has 22 heavy (non-hydrogen) atoms. The van der Waals surface area contributed by atoms with Crippen LogP contribution < -0.4 is 0 Å². The molecule has 108 valence electrons. The van der Waals surface area contributed by atoms with Crippen molar-refractivity contribution in [3.05, 3.63) is 94.4 Å². The van der Waals surface area contributed by atoms with E-state index in [1.54, 1.807) is 0 Å². The maximum absolute atomic E-state index is 8.85. The van der Waals surface area contributed by atoms with Crippen LogP contribution in [0, 0.1) is 0 Å². The lowest BCUT2D eigenvalue weighted by Crippen LogP contribution is -2.02. The highest BCUT2D eigenvalue weighted by Crippen LogP contribution is 2.28. The molecule has 4 heteroatoms. The van der Waals surface area contributed by atoms with Crippen molar-refractivity contribution < 1.29 is 4.74 Å². The predicted molar refractivity (Wildman–Crippen MR) is 87.1 cm³/mol. The van der Waals surface area contributed by atoms with Crippen LogP contribution in [0.25, 0.3) is 21.2 Å². The highest BCUT2D eigenvalue weighted by Gasteiger charge is 2.13. The molecule has 0 fully saturated rings. The first-order chi connectivity index (χ1) is 10.9. The van der Waals surface area contributed by atoms with Crippen molar-refractivity contribution >= 4 is 10.8 Å². The average Bonchev–Trinajstić information content (AvgIpc) is 2.59. The van der Waals surface area contributed by atoms with Crippen molar-refractivity contribution in [1.29, 1.82) is 0 Å². The Hall–Kier alpha value is -2.81. The van der Waals surface area contributed by atoms with E-state index in [1.807, 2.05) is 72.8 Å². The van der Waals surface area contributed by atoms with Gasteiger partial charge in [0.2, 0.25) is 0 Å². The number of azide groups is 1. The van der Waals surface area contributed by atoms with Crippen LogP contribution in [-0.2, 0) is 11.3 Å². The van der Waals surface area contributed by atoms with Crippen LogP contribution in [0.5, 0.6) is 0 Å². The van der Waals surface area contributed by atoms with Gasteiger partial charge in [-0.1, -0.05) is 77.9 Å². The summed E-state index contributed by atoms with van der Waals surface area (Å²) in [6.45, 7) is 0.397. The molecule has 0 saturated heterocycles. The summed E-state index contributed by atoms with van der Waals surface area (Å²) in [6, 6.07) is 23.7. The molecule has 0 aliphatic heterocycles. The molecule has 0 N–H and O–H groups in total. The monoisotopic (exact) mass is 289 g/mol. The maximum atomic E-state index is 8.85. The molecule has 0 aliphatic rings. The van der Waals surface area contributed by atoms with Gasteiger partial charge < -0.3 is 4.74 Å². The Kier molecular flexibility index (Phi) is 4.35. The van der Waals surface area contributed by atoms with E-state index in [9.17, 15) is 0 Å². The summed E-state index contributed by atoms with van der Waals surface area (Å²) in [7, 11) is 0. The molecular weight excluding hydrogens is 274 g/mol. The second kappa shape index (κ2) is 6.76. The predicted octanol–water partition coefficient (Wildman–Crippen LogP) is 5.37. The van der Waals surface area contributed by atoms with Gasteiger partial charge in [-0.05, 0) is 27.4 Å². The first kappa shape index (κ1) is 14.1. The number of ether oxygens (including phenoxy) is 1.